The maximum absolute atomic E-state index is 15.9. The number of aromatic nitrogens is 8. The van der Waals surface area contributed by atoms with Gasteiger partial charge in [-0.25, -0.2) is 43.4 Å². The summed E-state index contributed by atoms with van der Waals surface area (Å²) in [5, 5.41) is 10.6. The van der Waals surface area contributed by atoms with E-state index in [1.807, 2.05) is 0 Å². The molecule has 2 fully saturated rings. The summed E-state index contributed by atoms with van der Waals surface area (Å²) in [6.45, 7) is -0.928. The van der Waals surface area contributed by atoms with Gasteiger partial charge >= 0.3 is 15.6 Å². The van der Waals surface area contributed by atoms with E-state index in [4.69, 9.17) is 35.0 Å². The first kappa shape index (κ1) is 29.8. The van der Waals surface area contributed by atoms with Gasteiger partial charge in [-0.2, -0.15) is 0 Å². The first-order valence-corrected chi connectivity index (χ1v) is 15.6. The second kappa shape index (κ2) is 11.0. The van der Waals surface area contributed by atoms with E-state index < -0.39 is 65.1 Å². The Kier molecular flexibility index (Phi) is 7.66. The van der Waals surface area contributed by atoms with Crippen molar-refractivity contribution in [2.45, 2.75) is 55.7 Å². The van der Waals surface area contributed by atoms with Gasteiger partial charge in [0.1, 0.15) is 35.9 Å². The summed E-state index contributed by atoms with van der Waals surface area (Å²) < 4.78 is 63.6. The van der Waals surface area contributed by atoms with Gasteiger partial charge in [0.05, 0.1) is 31.5 Å². The lowest BCUT2D eigenvalue weighted by Gasteiger charge is -2.25. The molecule has 4 aromatic rings. The number of rotatable bonds is 9. The van der Waals surface area contributed by atoms with Gasteiger partial charge < -0.3 is 40.6 Å². The highest BCUT2D eigenvalue weighted by atomic mass is 31.2. The third kappa shape index (κ3) is 5.84. The number of nitrogen functional groups attached to an aromatic ring is 2. The maximum atomic E-state index is 15.9. The molecule has 6 rings (SSSR count). The molecule has 2 aliphatic rings. The molecule has 232 valence electrons. The van der Waals surface area contributed by atoms with E-state index >= 15 is 4.39 Å². The van der Waals surface area contributed by atoms with Crippen LogP contribution in [0, 0.1) is 0 Å². The van der Waals surface area contributed by atoms with E-state index in [-0.39, 0.29) is 35.6 Å². The number of phosphoric acid groups is 2. The van der Waals surface area contributed by atoms with Gasteiger partial charge in [0.25, 0.3) is 0 Å². The van der Waals surface area contributed by atoms with Crippen LogP contribution < -0.4 is 11.5 Å². The van der Waals surface area contributed by atoms with E-state index in [9.17, 15) is 19.1 Å². The SMILES string of the molecule is Nc1ncnc2c1ncn2[C@@H]1C[C@H](OP(=O)(O)O[C@H]2[C@@H](F)[C@H](n3cnc4c(N)ncnc43)O[C@@H]2COP(=O)(O)O)[C@@H](O)C1. The Morgan fingerprint density at radius 3 is 2.16 bits per heavy atom. The fourth-order valence-electron chi connectivity index (χ4n) is 5.18. The Balaban J connectivity index is 1.21. The van der Waals surface area contributed by atoms with Crippen LogP contribution in [0.4, 0.5) is 16.0 Å². The lowest BCUT2D eigenvalue weighted by Crippen LogP contribution is -2.34. The summed E-state index contributed by atoms with van der Waals surface area (Å²) in [7, 11) is -10.2. The molecular weight excluding hydrogens is 621 g/mol. The zero-order chi connectivity index (χ0) is 30.7. The number of alkyl halides is 1. The monoisotopic (exact) mass is 646 g/mol. The molecule has 1 saturated heterocycles. The number of hydrogen-bond acceptors (Lipinski definition) is 15. The molecule has 20 nitrogen and oxygen atoms in total. The van der Waals surface area contributed by atoms with Gasteiger partial charge in [-0.15, -0.1) is 0 Å². The minimum absolute atomic E-state index is 0.00683. The molecule has 8 atom stereocenters. The number of fused-ring (bicyclic) bond motifs is 2. The van der Waals surface area contributed by atoms with Crippen LogP contribution in [0.25, 0.3) is 22.3 Å². The van der Waals surface area contributed by atoms with Crippen molar-refractivity contribution in [2.75, 3.05) is 18.1 Å². The zero-order valence-electron chi connectivity index (χ0n) is 21.7. The fourth-order valence-corrected chi connectivity index (χ4v) is 6.70. The molecule has 0 bridgehead atoms. The number of nitrogens with two attached hydrogens (primary N) is 2. The van der Waals surface area contributed by atoms with Crippen molar-refractivity contribution < 1.29 is 51.6 Å². The smallest absolute Gasteiger partial charge is 0.390 e. The molecule has 8 N–H and O–H groups in total. The number of imidazole rings is 2. The minimum atomic E-state index is -5.16. The number of ether oxygens (including phenoxy) is 1. The molecule has 5 heterocycles. The van der Waals surface area contributed by atoms with Crippen molar-refractivity contribution in [2.24, 2.45) is 0 Å². The Labute approximate surface area is 239 Å². The van der Waals surface area contributed by atoms with Crippen molar-refractivity contribution in [3.63, 3.8) is 0 Å². The Morgan fingerprint density at radius 1 is 0.930 bits per heavy atom. The van der Waals surface area contributed by atoms with E-state index in [1.165, 1.54) is 12.7 Å². The molecule has 43 heavy (non-hydrogen) atoms. The molecule has 0 spiro atoms. The van der Waals surface area contributed by atoms with Gasteiger partial charge in [0, 0.05) is 6.04 Å². The molecule has 0 aromatic carbocycles. The first-order chi connectivity index (χ1) is 20.3. The average Bonchev–Trinajstić information content (AvgIpc) is 3.69. The van der Waals surface area contributed by atoms with Gasteiger partial charge in [-0.3, -0.25) is 18.1 Å². The topological polar surface area (TPSA) is 291 Å². The molecule has 1 aliphatic carbocycles. The van der Waals surface area contributed by atoms with Crippen molar-refractivity contribution in [3.8, 4) is 0 Å². The Hall–Kier alpha value is -3.23. The summed E-state index contributed by atoms with van der Waals surface area (Å²) in [6.07, 6.45) is -4.83. The summed E-state index contributed by atoms with van der Waals surface area (Å²) >= 11 is 0. The standard InChI is InChI=1S/C20H25FN10O10P2/c21-12-15(11(3-38-42(33,34)35)39-20(12)31-7-29-14-17(23)25-5-27-19(14)31)41-43(36,37)40-10-2-8(1-9(10)32)30-6-28-13-16(22)24-4-26-18(13)30/h4-12,15,20,32H,1-3H2,(H,36,37)(H2,22,24,26)(H2,23,25,27)(H2,33,34,35)/t8-,9-,10-,11+,12+,15+,20+/m0/s1. The van der Waals surface area contributed by atoms with Crippen LogP contribution in [0.1, 0.15) is 25.1 Å². The number of halogens is 1. The van der Waals surface area contributed by atoms with Gasteiger partial charge in [0.2, 0.25) is 0 Å². The van der Waals surface area contributed by atoms with Gasteiger partial charge in [-0.05, 0) is 12.8 Å². The van der Waals surface area contributed by atoms with Gasteiger partial charge in [-0.1, -0.05) is 0 Å². The van der Waals surface area contributed by atoms with Crippen LogP contribution in [-0.4, -0.2) is 96.0 Å². The molecule has 1 unspecified atom stereocenters. The van der Waals surface area contributed by atoms with Crippen molar-refractivity contribution in [1.82, 2.24) is 39.0 Å². The molecule has 0 amide bonds. The van der Waals surface area contributed by atoms with Gasteiger partial charge in [0.15, 0.2) is 35.3 Å². The van der Waals surface area contributed by atoms with E-state index in [0.29, 0.717) is 11.2 Å². The van der Waals surface area contributed by atoms with Crippen LogP contribution in [0.3, 0.4) is 0 Å². The third-order valence-electron chi connectivity index (χ3n) is 7.09. The number of phosphoric ester groups is 2. The molecular formula is C20H25FN10O10P2. The average molecular weight is 646 g/mol. The predicted octanol–water partition coefficient (Wildman–Crippen LogP) is -0.258. The van der Waals surface area contributed by atoms with Crippen LogP contribution in [0.15, 0.2) is 25.3 Å². The highest BCUT2D eigenvalue weighted by Gasteiger charge is 2.52. The summed E-state index contributed by atoms with van der Waals surface area (Å²) in [5.41, 5.74) is 12.5. The number of anilines is 2. The van der Waals surface area contributed by atoms with Crippen molar-refractivity contribution in [1.29, 1.82) is 0 Å². The van der Waals surface area contributed by atoms with E-state index in [1.54, 1.807) is 4.57 Å². The fraction of sp³-hybridized carbons (Fsp3) is 0.500. The van der Waals surface area contributed by atoms with E-state index in [2.05, 4.69) is 34.4 Å². The largest absolute Gasteiger partial charge is 0.473 e. The molecule has 0 radical (unpaired) electrons. The van der Waals surface area contributed by atoms with Crippen LogP contribution in [-0.2, 0) is 27.4 Å². The zero-order valence-corrected chi connectivity index (χ0v) is 23.5. The number of nitrogens with zero attached hydrogens (tertiary/aromatic N) is 8. The predicted molar refractivity (Wildman–Crippen MR) is 140 cm³/mol. The molecule has 1 aliphatic heterocycles. The summed E-state index contributed by atoms with van der Waals surface area (Å²) in [6, 6.07) is -0.472. The maximum Gasteiger partial charge on any atom is 0.473 e. The highest BCUT2D eigenvalue weighted by Crippen LogP contribution is 2.53. The Bertz CT molecular complexity index is 1750. The molecule has 1 saturated carbocycles. The third-order valence-corrected chi connectivity index (χ3v) is 8.62. The normalized spacial score (nSPS) is 29.5. The highest BCUT2D eigenvalue weighted by molar-refractivity contribution is 7.47. The molecule has 4 aromatic heterocycles. The second-order valence-corrected chi connectivity index (χ2v) is 12.4. The molecule has 23 heteroatoms. The van der Waals surface area contributed by atoms with E-state index in [0.717, 1.165) is 17.2 Å². The first-order valence-electron chi connectivity index (χ1n) is 12.5. The number of hydrogen-bond donors (Lipinski definition) is 6. The Morgan fingerprint density at radius 2 is 1.53 bits per heavy atom. The quantitative estimate of drug-likeness (QED) is 0.128. The second-order valence-electron chi connectivity index (χ2n) is 9.84. The van der Waals surface area contributed by atoms with Crippen LogP contribution >= 0.6 is 15.6 Å². The minimum Gasteiger partial charge on any atom is -0.390 e. The lowest BCUT2D eigenvalue weighted by molar-refractivity contribution is -0.0480. The summed E-state index contributed by atoms with van der Waals surface area (Å²) in [5.74, 6) is 0.144. The number of aliphatic hydroxyl groups is 1. The van der Waals surface area contributed by atoms with Crippen molar-refractivity contribution in [3.05, 3.63) is 25.3 Å². The van der Waals surface area contributed by atoms with Crippen molar-refractivity contribution >= 4 is 49.6 Å². The lowest BCUT2D eigenvalue weighted by atomic mass is 10.1. The van der Waals surface area contributed by atoms with Crippen LogP contribution in [0.5, 0.6) is 0 Å². The van der Waals surface area contributed by atoms with Crippen LogP contribution in [0.2, 0.25) is 0 Å². The summed E-state index contributed by atoms with van der Waals surface area (Å²) in [4.78, 5) is 53.0. The number of aliphatic hydroxyl groups excluding tert-OH is 1.